The Labute approximate surface area is 163 Å². The van der Waals surface area contributed by atoms with Gasteiger partial charge in [-0.1, -0.05) is 0 Å². The highest BCUT2D eigenvalue weighted by Crippen LogP contribution is 2.37. The minimum atomic E-state index is 0. The van der Waals surface area contributed by atoms with Crippen molar-refractivity contribution in [3.63, 3.8) is 0 Å². The largest absolute Gasteiger partial charge is 0.496 e. The molecule has 0 atom stereocenters. The zero-order valence-electron chi connectivity index (χ0n) is 15.0. The van der Waals surface area contributed by atoms with Gasteiger partial charge in [-0.25, -0.2) is 4.98 Å². The molecule has 3 N–H and O–H groups in total. The van der Waals surface area contributed by atoms with Crippen LogP contribution in [-0.4, -0.2) is 17.1 Å². The number of aromatic nitrogens is 2. The molecule has 0 spiro atoms. The first-order chi connectivity index (χ1) is 12.2. The summed E-state index contributed by atoms with van der Waals surface area (Å²) in [4.78, 5) is 10.8. The number of methoxy groups -OCH3 is 1. The molecule has 0 bridgehead atoms. The average Bonchev–Trinajstić information content (AvgIpc) is 3.03. The SMILES string of the molecule is COc1cc(C)cc2c(Nc3nc4c(s3)CCCC4)cnc(CN)c12.Cl. The molecule has 1 aromatic carbocycles. The fraction of sp³-hybridized carbons (Fsp3) is 0.368. The number of anilines is 2. The number of pyridine rings is 1. The number of hydrogen-bond donors (Lipinski definition) is 2. The quantitative estimate of drug-likeness (QED) is 0.685. The van der Waals surface area contributed by atoms with Gasteiger partial charge in [-0.2, -0.15) is 0 Å². The third kappa shape index (κ3) is 3.37. The number of hydrogen-bond acceptors (Lipinski definition) is 6. The third-order valence-electron chi connectivity index (χ3n) is 4.68. The molecule has 0 aliphatic heterocycles. The predicted octanol–water partition coefficient (Wildman–Crippen LogP) is 4.51. The van der Waals surface area contributed by atoms with Gasteiger partial charge in [-0.05, 0) is 50.3 Å². The molecule has 0 saturated heterocycles. The van der Waals surface area contributed by atoms with Crippen LogP contribution < -0.4 is 15.8 Å². The lowest BCUT2D eigenvalue weighted by atomic mass is 10.0. The van der Waals surface area contributed by atoms with Crippen molar-refractivity contribution in [1.29, 1.82) is 0 Å². The van der Waals surface area contributed by atoms with E-state index in [2.05, 4.69) is 23.3 Å². The molecule has 0 amide bonds. The van der Waals surface area contributed by atoms with E-state index in [0.717, 1.165) is 51.4 Å². The Balaban J connectivity index is 0.00000196. The summed E-state index contributed by atoms with van der Waals surface area (Å²) in [6.45, 7) is 2.44. The number of halogens is 1. The Morgan fingerprint density at radius 3 is 2.81 bits per heavy atom. The van der Waals surface area contributed by atoms with E-state index >= 15 is 0 Å². The van der Waals surface area contributed by atoms with Crippen LogP contribution in [-0.2, 0) is 19.4 Å². The van der Waals surface area contributed by atoms with Crippen LogP contribution in [0.25, 0.3) is 10.8 Å². The lowest BCUT2D eigenvalue weighted by Crippen LogP contribution is -2.04. The van der Waals surface area contributed by atoms with Crippen molar-refractivity contribution in [3.8, 4) is 5.75 Å². The number of nitrogens with two attached hydrogens (primary N) is 1. The lowest BCUT2D eigenvalue weighted by molar-refractivity contribution is 0.419. The highest BCUT2D eigenvalue weighted by atomic mass is 35.5. The molecule has 138 valence electrons. The number of aryl methyl sites for hydroxylation is 3. The lowest BCUT2D eigenvalue weighted by Gasteiger charge is -2.14. The van der Waals surface area contributed by atoms with Crippen LogP contribution in [0, 0.1) is 6.92 Å². The summed E-state index contributed by atoms with van der Waals surface area (Å²) in [5, 5.41) is 6.47. The van der Waals surface area contributed by atoms with E-state index < -0.39 is 0 Å². The Hall–Kier alpha value is -1.89. The van der Waals surface area contributed by atoms with Gasteiger partial charge in [0.2, 0.25) is 0 Å². The summed E-state index contributed by atoms with van der Waals surface area (Å²) in [5.74, 6) is 0.810. The van der Waals surface area contributed by atoms with Gasteiger partial charge in [-0.15, -0.1) is 23.7 Å². The van der Waals surface area contributed by atoms with Crippen molar-refractivity contribution >= 4 is 45.3 Å². The Kier molecular flexibility index (Phi) is 5.65. The molecule has 0 radical (unpaired) electrons. The third-order valence-corrected chi connectivity index (χ3v) is 5.75. The van der Waals surface area contributed by atoms with Crippen LogP contribution in [0.5, 0.6) is 5.75 Å². The Morgan fingerprint density at radius 2 is 2.08 bits per heavy atom. The van der Waals surface area contributed by atoms with Crippen LogP contribution >= 0.6 is 23.7 Å². The van der Waals surface area contributed by atoms with Crippen molar-refractivity contribution in [2.75, 3.05) is 12.4 Å². The minimum Gasteiger partial charge on any atom is -0.496 e. The second-order valence-electron chi connectivity index (χ2n) is 6.43. The van der Waals surface area contributed by atoms with Gasteiger partial charge in [0.15, 0.2) is 5.13 Å². The fourth-order valence-corrected chi connectivity index (χ4v) is 4.54. The van der Waals surface area contributed by atoms with Crippen LogP contribution in [0.2, 0.25) is 0 Å². The van der Waals surface area contributed by atoms with Crippen molar-refractivity contribution < 1.29 is 4.74 Å². The van der Waals surface area contributed by atoms with Gasteiger partial charge in [0, 0.05) is 22.2 Å². The molecule has 0 saturated carbocycles. The first-order valence-electron chi connectivity index (χ1n) is 8.61. The van der Waals surface area contributed by atoms with E-state index in [1.54, 1.807) is 18.4 Å². The van der Waals surface area contributed by atoms with Gasteiger partial charge in [-0.3, -0.25) is 4.98 Å². The number of nitrogens with one attached hydrogen (secondary N) is 1. The van der Waals surface area contributed by atoms with Crippen molar-refractivity contribution in [2.45, 2.75) is 39.2 Å². The fourth-order valence-electron chi connectivity index (χ4n) is 3.48. The van der Waals surface area contributed by atoms with Gasteiger partial charge in [0.1, 0.15) is 5.75 Å². The number of thiazole rings is 1. The topological polar surface area (TPSA) is 73.1 Å². The summed E-state index contributed by atoms with van der Waals surface area (Å²) in [5.41, 5.74) is 10.1. The smallest absolute Gasteiger partial charge is 0.187 e. The molecular formula is C19H23ClN4OS. The monoisotopic (exact) mass is 390 g/mol. The Morgan fingerprint density at radius 1 is 1.27 bits per heavy atom. The number of ether oxygens (including phenoxy) is 1. The summed E-state index contributed by atoms with van der Waals surface area (Å²) in [6.07, 6.45) is 6.59. The maximum absolute atomic E-state index is 5.90. The minimum absolute atomic E-state index is 0. The zero-order chi connectivity index (χ0) is 17.4. The molecule has 4 rings (SSSR count). The summed E-state index contributed by atoms with van der Waals surface area (Å²) >= 11 is 1.76. The van der Waals surface area contributed by atoms with E-state index in [1.165, 1.54) is 23.4 Å². The zero-order valence-corrected chi connectivity index (χ0v) is 16.6. The van der Waals surface area contributed by atoms with Crippen LogP contribution in [0.3, 0.4) is 0 Å². The normalized spacial score (nSPS) is 13.2. The molecule has 1 aliphatic rings. The van der Waals surface area contributed by atoms with Gasteiger partial charge in [0.05, 0.1) is 30.4 Å². The van der Waals surface area contributed by atoms with E-state index in [9.17, 15) is 0 Å². The molecule has 1 aliphatic carbocycles. The molecule has 3 aromatic rings. The van der Waals surface area contributed by atoms with E-state index in [-0.39, 0.29) is 12.4 Å². The molecule has 0 fully saturated rings. The first kappa shape index (κ1) is 18.9. The average molecular weight is 391 g/mol. The molecule has 7 heteroatoms. The van der Waals surface area contributed by atoms with Gasteiger partial charge < -0.3 is 15.8 Å². The van der Waals surface area contributed by atoms with E-state index in [1.807, 2.05) is 12.3 Å². The highest BCUT2D eigenvalue weighted by Gasteiger charge is 2.17. The Bertz CT molecular complexity index is 917. The van der Waals surface area contributed by atoms with E-state index in [0.29, 0.717) is 6.54 Å². The van der Waals surface area contributed by atoms with Crippen LogP contribution in [0.4, 0.5) is 10.8 Å². The number of rotatable bonds is 4. The molecule has 0 unspecified atom stereocenters. The predicted molar refractivity (Wildman–Crippen MR) is 110 cm³/mol. The van der Waals surface area contributed by atoms with Crippen molar-refractivity contribution in [1.82, 2.24) is 9.97 Å². The molecule has 26 heavy (non-hydrogen) atoms. The second kappa shape index (κ2) is 7.78. The number of benzene rings is 1. The van der Waals surface area contributed by atoms with Crippen LogP contribution in [0.1, 0.15) is 34.7 Å². The molecule has 5 nitrogen and oxygen atoms in total. The summed E-state index contributed by atoms with van der Waals surface area (Å²) in [6, 6.07) is 4.17. The highest BCUT2D eigenvalue weighted by molar-refractivity contribution is 7.15. The summed E-state index contributed by atoms with van der Waals surface area (Å²) < 4.78 is 5.59. The van der Waals surface area contributed by atoms with Crippen molar-refractivity contribution in [2.24, 2.45) is 5.73 Å². The van der Waals surface area contributed by atoms with Gasteiger partial charge in [0.25, 0.3) is 0 Å². The summed E-state index contributed by atoms with van der Waals surface area (Å²) in [7, 11) is 1.68. The number of nitrogens with zero attached hydrogens (tertiary/aromatic N) is 2. The molecule has 2 heterocycles. The molecular weight excluding hydrogens is 368 g/mol. The van der Waals surface area contributed by atoms with Crippen LogP contribution in [0.15, 0.2) is 18.3 Å². The first-order valence-corrected chi connectivity index (χ1v) is 9.43. The maximum Gasteiger partial charge on any atom is 0.187 e. The van der Waals surface area contributed by atoms with Gasteiger partial charge >= 0.3 is 0 Å². The van der Waals surface area contributed by atoms with E-state index in [4.69, 9.17) is 15.5 Å². The second-order valence-corrected chi connectivity index (χ2v) is 7.52. The molecule has 2 aromatic heterocycles. The van der Waals surface area contributed by atoms with Crippen molar-refractivity contribution in [3.05, 3.63) is 40.2 Å². The maximum atomic E-state index is 5.90. The number of fused-ring (bicyclic) bond motifs is 2. The standard InChI is InChI=1S/C19H22N4OS.ClH/c1-11-7-12-15(10-21-14(9-20)18(12)16(8-11)24-2)23-19-22-13-5-3-4-6-17(13)25-19;/h7-8,10H,3-6,9,20H2,1-2H3,(H,22,23);1H.